The summed E-state index contributed by atoms with van der Waals surface area (Å²) in [6, 6.07) is 0. The zero-order valence-electron chi connectivity index (χ0n) is 8.80. The number of hydrogen-bond donors (Lipinski definition) is 0. The zero-order valence-corrected chi connectivity index (χ0v) is 10.4. The van der Waals surface area contributed by atoms with Crippen molar-refractivity contribution in [1.29, 1.82) is 0 Å². The standard InChI is InChI=1S/C11H19BrO2/c1-9(12)11(13-7-8-14-11)10-5-3-2-4-6-10/h9-10H,2-8H2,1H3. The summed E-state index contributed by atoms with van der Waals surface area (Å²) in [4.78, 5) is 0.292. The van der Waals surface area contributed by atoms with E-state index in [1.54, 1.807) is 0 Å². The van der Waals surface area contributed by atoms with Crippen LogP contribution in [-0.4, -0.2) is 23.8 Å². The highest BCUT2D eigenvalue weighted by molar-refractivity contribution is 9.09. The van der Waals surface area contributed by atoms with Crippen LogP contribution in [-0.2, 0) is 9.47 Å². The molecule has 0 bridgehead atoms. The van der Waals surface area contributed by atoms with Crippen LogP contribution in [0.1, 0.15) is 39.0 Å². The molecule has 1 saturated heterocycles. The molecule has 1 heterocycles. The molecule has 2 aliphatic rings. The van der Waals surface area contributed by atoms with Crippen LogP contribution in [0.4, 0.5) is 0 Å². The first kappa shape index (κ1) is 10.9. The Morgan fingerprint density at radius 2 is 1.71 bits per heavy atom. The van der Waals surface area contributed by atoms with Crippen LogP contribution >= 0.6 is 15.9 Å². The Kier molecular flexibility index (Phi) is 3.50. The molecule has 0 aromatic rings. The van der Waals surface area contributed by atoms with Gasteiger partial charge in [-0.25, -0.2) is 0 Å². The fraction of sp³-hybridized carbons (Fsp3) is 1.00. The van der Waals surface area contributed by atoms with Crippen molar-refractivity contribution in [3.05, 3.63) is 0 Å². The monoisotopic (exact) mass is 262 g/mol. The number of hydrogen-bond acceptors (Lipinski definition) is 2. The molecule has 1 unspecified atom stereocenters. The third kappa shape index (κ3) is 1.86. The van der Waals surface area contributed by atoms with Gasteiger partial charge < -0.3 is 9.47 Å². The van der Waals surface area contributed by atoms with E-state index in [1.165, 1.54) is 32.1 Å². The summed E-state index contributed by atoms with van der Waals surface area (Å²) >= 11 is 3.64. The molecule has 2 fully saturated rings. The fourth-order valence-electron chi connectivity index (χ4n) is 2.74. The van der Waals surface area contributed by atoms with Gasteiger partial charge in [0.05, 0.1) is 18.0 Å². The van der Waals surface area contributed by atoms with Crippen molar-refractivity contribution in [3.8, 4) is 0 Å². The second-order valence-corrected chi connectivity index (χ2v) is 5.74. The van der Waals surface area contributed by atoms with E-state index in [4.69, 9.17) is 9.47 Å². The molecule has 14 heavy (non-hydrogen) atoms. The van der Waals surface area contributed by atoms with Gasteiger partial charge in [-0.1, -0.05) is 35.2 Å². The molecular formula is C11H19BrO2. The number of halogens is 1. The second-order valence-electron chi connectivity index (χ2n) is 4.37. The lowest BCUT2D eigenvalue weighted by Crippen LogP contribution is -2.46. The van der Waals surface area contributed by atoms with Crippen LogP contribution in [0.2, 0.25) is 0 Å². The summed E-state index contributed by atoms with van der Waals surface area (Å²) in [5.41, 5.74) is 0. The minimum absolute atomic E-state index is 0.292. The number of alkyl halides is 1. The van der Waals surface area contributed by atoms with Crippen LogP contribution in [0.15, 0.2) is 0 Å². The van der Waals surface area contributed by atoms with Crippen molar-refractivity contribution in [1.82, 2.24) is 0 Å². The lowest BCUT2D eigenvalue weighted by Gasteiger charge is -2.39. The summed E-state index contributed by atoms with van der Waals surface area (Å²) < 4.78 is 11.7. The maximum atomic E-state index is 5.87. The molecule has 2 nitrogen and oxygen atoms in total. The van der Waals surface area contributed by atoms with Crippen molar-refractivity contribution < 1.29 is 9.47 Å². The molecule has 0 amide bonds. The first-order valence-corrected chi connectivity index (χ1v) is 6.59. The average Bonchev–Trinajstić information content (AvgIpc) is 2.69. The largest absolute Gasteiger partial charge is 0.346 e. The first-order chi connectivity index (χ1) is 6.76. The summed E-state index contributed by atoms with van der Waals surface area (Å²) in [5.74, 6) is 0.272. The quantitative estimate of drug-likeness (QED) is 0.713. The lowest BCUT2D eigenvalue weighted by atomic mass is 9.82. The predicted octanol–water partition coefficient (Wildman–Crippen LogP) is 3.09. The summed E-state index contributed by atoms with van der Waals surface area (Å²) in [6.07, 6.45) is 6.56. The molecule has 2 rings (SSSR count). The van der Waals surface area contributed by atoms with E-state index >= 15 is 0 Å². The van der Waals surface area contributed by atoms with Crippen molar-refractivity contribution in [2.45, 2.75) is 49.6 Å². The third-order valence-electron chi connectivity index (χ3n) is 3.47. The molecule has 0 radical (unpaired) electrons. The average molecular weight is 263 g/mol. The van der Waals surface area contributed by atoms with E-state index in [9.17, 15) is 0 Å². The van der Waals surface area contributed by atoms with Gasteiger partial charge in [0, 0.05) is 5.92 Å². The van der Waals surface area contributed by atoms with Gasteiger partial charge in [-0.2, -0.15) is 0 Å². The van der Waals surface area contributed by atoms with E-state index in [0.717, 1.165) is 13.2 Å². The SMILES string of the molecule is CC(Br)C1(C2CCCCC2)OCCO1. The zero-order chi connectivity index (χ0) is 10.0. The highest BCUT2D eigenvalue weighted by atomic mass is 79.9. The molecule has 0 aromatic heterocycles. The Labute approximate surface area is 94.5 Å². The van der Waals surface area contributed by atoms with E-state index < -0.39 is 0 Å². The van der Waals surface area contributed by atoms with Gasteiger partial charge in [-0.3, -0.25) is 0 Å². The van der Waals surface area contributed by atoms with Gasteiger partial charge in [0.1, 0.15) is 0 Å². The molecular weight excluding hydrogens is 244 g/mol. The molecule has 1 atom stereocenters. The van der Waals surface area contributed by atoms with Gasteiger partial charge in [-0.15, -0.1) is 0 Å². The van der Waals surface area contributed by atoms with Crippen LogP contribution in [0.25, 0.3) is 0 Å². The summed E-state index contributed by atoms with van der Waals surface area (Å²) in [6.45, 7) is 3.65. The van der Waals surface area contributed by atoms with Crippen LogP contribution in [0.5, 0.6) is 0 Å². The highest BCUT2D eigenvalue weighted by Gasteiger charge is 2.47. The normalized spacial score (nSPS) is 30.4. The third-order valence-corrected chi connectivity index (χ3v) is 4.11. The predicted molar refractivity (Wildman–Crippen MR) is 59.6 cm³/mol. The Balaban J connectivity index is 2.08. The van der Waals surface area contributed by atoms with Gasteiger partial charge in [0.15, 0.2) is 5.79 Å². The Hall–Kier alpha value is 0.400. The minimum atomic E-state index is -0.319. The number of ether oxygens (including phenoxy) is 2. The molecule has 1 aliphatic heterocycles. The van der Waals surface area contributed by atoms with E-state index in [1.807, 2.05) is 0 Å². The summed E-state index contributed by atoms with van der Waals surface area (Å²) in [7, 11) is 0. The van der Waals surface area contributed by atoms with Gasteiger partial charge >= 0.3 is 0 Å². The smallest absolute Gasteiger partial charge is 0.183 e. The van der Waals surface area contributed by atoms with Crippen LogP contribution in [0, 0.1) is 5.92 Å². The molecule has 1 saturated carbocycles. The Bertz CT molecular complexity index is 182. The minimum Gasteiger partial charge on any atom is -0.346 e. The molecule has 82 valence electrons. The Morgan fingerprint density at radius 3 is 2.21 bits per heavy atom. The van der Waals surface area contributed by atoms with Crippen molar-refractivity contribution in [2.24, 2.45) is 5.92 Å². The van der Waals surface area contributed by atoms with Crippen molar-refractivity contribution in [3.63, 3.8) is 0 Å². The molecule has 0 aromatic carbocycles. The van der Waals surface area contributed by atoms with Gasteiger partial charge in [0.25, 0.3) is 0 Å². The fourth-order valence-corrected chi connectivity index (χ4v) is 3.38. The van der Waals surface area contributed by atoms with Crippen molar-refractivity contribution >= 4 is 15.9 Å². The van der Waals surface area contributed by atoms with Gasteiger partial charge in [0.2, 0.25) is 0 Å². The molecule has 3 heteroatoms. The van der Waals surface area contributed by atoms with E-state index in [2.05, 4.69) is 22.9 Å². The number of rotatable bonds is 2. The summed E-state index contributed by atoms with van der Waals surface area (Å²) in [5, 5.41) is 0. The second kappa shape index (κ2) is 4.50. The van der Waals surface area contributed by atoms with Crippen LogP contribution in [0.3, 0.4) is 0 Å². The van der Waals surface area contributed by atoms with E-state index in [0.29, 0.717) is 10.7 Å². The highest BCUT2D eigenvalue weighted by Crippen LogP contribution is 2.42. The first-order valence-electron chi connectivity index (χ1n) is 5.68. The molecule has 1 aliphatic carbocycles. The maximum Gasteiger partial charge on any atom is 0.183 e. The van der Waals surface area contributed by atoms with Crippen molar-refractivity contribution in [2.75, 3.05) is 13.2 Å². The Morgan fingerprint density at radius 1 is 1.14 bits per heavy atom. The van der Waals surface area contributed by atoms with E-state index in [-0.39, 0.29) is 5.79 Å². The lowest BCUT2D eigenvalue weighted by molar-refractivity contribution is -0.198. The van der Waals surface area contributed by atoms with Gasteiger partial charge in [-0.05, 0) is 19.8 Å². The maximum absolute atomic E-state index is 5.87. The van der Waals surface area contributed by atoms with Crippen LogP contribution < -0.4 is 0 Å². The molecule has 0 spiro atoms. The molecule has 0 N–H and O–H groups in total. The topological polar surface area (TPSA) is 18.5 Å².